The molecule has 2 aromatic rings. The van der Waals surface area contributed by atoms with E-state index in [2.05, 4.69) is 15.3 Å². The summed E-state index contributed by atoms with van der Waals surface area (Å²) in [6, 6.07) is 0. The van der Waals surface area contributed by atoms with E-state index in [1.165, 1.54) is 11.3 Å². The molecule has 0 spiro atoms. The predicted molar refractivity (Wildman–Crippen MR) is 92.7 cm³/mol. The van der Waals surface area contributed by atoms with Crippen LogP contribution in [0, 0.1) is 6.92 Å². The number of fused-ring (bicyclic) bond motifs is 1. The Morgan fingerprint density at radius 2 is 2.13 bits per heavy atom. The summed E-state index contributed by atoms with van der Waals surface area (Å²) in [5, 5.41) is 4.21. The average molecular weight is 358 g/mol. The molecule has 0 aromatic carbocycles. The number of hydrogen-bond donors (Lipinski definition) is 1. The fourth-order valence-electron chi connectivity index (χ4n) is 2.12. The summed E-state index contributed by atoms with van der Waals surface area (Å²) in [4.78, 5) is 21.9. The fourth-order valence-corrected chi connectivity index (χ4v) is 3.41. The molecule has 2 heterocycles. The van der Waals surface area contributed by atoms with Crippen molar-refractivity contribution >= 4 is 44.9 Å². The van der Waals surface area contributed by atoms with E-state index in [0.29, 0.717) is 35.3 Å². The minimum Gasteiger partial charge on any atom is -0.462 e. The molecule has 23 heavy (non-hydrogen) atoms. The first-order chi connectivity index (χ1) is 11.1. The molecule has 0 aliphatic heterocycles. The van der Waals surface area contributed by atoms with Gasteiger partial charge >= 0.3 is 5.97 Å². The third kappa shape index (κ3) is 4.31. The topological polar surface area (TPSA) is 73.3 Å². The molecule has 6 nitrogen and oxygen atoms in total. The number of aromatic nitrogens is 2. The van der Waals surface area contributed by atoms with Crippen LogP contribution in [0.1, 0.15) is 35.0 Å². The molecule has 0 radical (unpaired) electrons. The maximum atomic E-state index is 12.2. The number of carbonyl (C=O) groups excluding carboxylic acids is 1. The number of halogens is 1. The summed E-state index contributed by atoms with van der Waals surface area (Å²) in [6.07, 6.45) is 1.63. The van der Waals surface area contributed by atoms with E-state index in [9.17, 15) is 4.79 Å². The van der Waals surface area contributed by atoms with Gasteiger partial charge in [0.05, 0.1) is 12.0 Å². The highest BCUT2D eigenvalue weighted by atomic mass is 35.5. The number of ether oxygens (including phenoxy) is 2. The summed E-state index contributed by atoms with van der Waals surface area (Å²) in [5.41, 5.74) is 0.817. The molecular formula is C15H20ClN3O3S. The first kappa shape index (κ1) is 17.9. The Balaban J connectivity index is 2.32. The van der Waals surface area contributed by atoms with Gasteiger partial charge in [0.15, 0.2) is 0 Å². The molecular weight excluding hydrogens is 338 g/mol. The van der Waals surface area contributed by atoms with E-state index in [0.717, 1.165) is 23.8 Å². The number of esters is 1. The average Bonchev–Trinajstić information content (AvgIpc) is 2.86. The molecule has 2 aromatic heterocycles. The number of hydrogen-bond acceptors (Lipinski definition) is 7. The Morgan fingerprint density at radius 3 is 2.83 bits per heavy atom. The van der Waals surface area contributed by atoms with Gasteiger partial charge in [-0.2, -0.15) is 0 Å². The monoisotopic (exact) mass is 357 g/mol. The molecule has 0 unspecified atom stereocenters. The van der Waals surface area contributed by atoms with Gasteiger partial charge in [-0.05, 0) is 36.9 Å². The second-order valence-electron chi connectivity index (χ2n) is 4.99. The standard InChI is InChI=1S/C15H20ClN3O3S/c1-4-7-22-14(20)11-9(2)10-12(17-6-5-8-21-3)18-15(16)19-13(10)23-11/h4-8H2,1-3H3,(H,17,18,19). The highest BCUT2D eigenvalue weighted by Gasteiger charge is 2.21. The lowest BCUT2D eigenvalue weighted by atomic mass is 10.2. The predicted octanol–water partition coefficient (Wildman–Crippen LogP) is 3.67. The third-order valence-electron chi connectivity index (χ3n) is 3.20. The Bertz CT molecular complexity index is 690. The minimum atomic E-state index is -0.325. The summed E-state index contributed by atoms with van der Waals surface area (Å²) >= 11 is 7.27. The molecule has 0 atom stereocenters. The number of thiophene rings is 1. The normalized spacial score (nSPS) is 11.0. The van der Waals surface area contributed by atoms with E-state index >= 15 is 0 Å². The second kappa shape index (κ2) is 8.42. The summed E-state index contributed by atoms with van der Waals surface area (Å²) in [6.45, 7) is 5.59. The zero-order valence-electron chi connectivity index (χ0n) is 13.4. The van der Waals surface area contributed by atoms with Crippen LogP contribution < -0.4 is 5.32 Å². The summed E-state index contributed by atoms with van der Waals surface area (Å²) < 4.78 is 10.3. The molecule has 2 rings (SSSR count). The maximum Gasteiger partial charge on any atom is 0.348 e. The Labute approximate surface area is 144 Å². The molecule has 8 heteroatoms. The molecule has 0 aliphatic rings. The molecule has 0 fully saturated rings. The highest BCUT2D eigenvalue weighted by Crippen LogP contribution is 2.35. The number of aryl methyl sites for hydroxylation is 1. The van der Waals surface area contributed by atoms with Crippen LogP contribution >= 0.6 is 22.9 Å². The smallest absolute Gasteiger partial charge is 0.348 e. The zero-order chi connectivity index (χ0) is 16.8. The number of carbonyl (C=O) groups is 1. The Morgan fingerprint density at radius 1 is 1.35 bits per heavy atom. The second-order valence-corrected chi connectivity index (χ2v) is 6.32. The van der Waals surface area contributed by atoms with Crippen LogP contribution in [0.25, 0.3) is 10.2 Å². The van der Waals surface area contributed by atoms with Crippen LogP contribution in [-0.2, 0) is 9.47 Å². The van der Waals surface area contributed by atoms with Gasteiger partial charge in [-0.25, -0.2) is 14.8 Å². The van der Waals surface area contributed by atoms with Crippen molar-refractivity contribution in [2.24, 2.45) is 0 Å². The van der Waals surface area contributed by atoms with Gasteiger partial charge in [-0.1, -0.05) is 6.92 Å². The Hall–Kier alpha value is -1.44. The fraction of sp³-hybridized carbons (Fsp3) is 0.533. The van der Waals surface area contributed by atoms with Crippen molar-refractivity contribution in [2.75, 3.05) is 32.2 Å². The van der Waals surface area contributed by atoms with Crippen LogP contribution in [0.4, 0.5) is 5.82 Å². The molecule has 0 bridgehead atoms. The van der Waals surface area contributed by atoms with E-state index in [-0.39, 0.29) is 11.3 Å². The van der Waals surface area contributed by atoms with Crippen molar-refractivity contribution in [3.63, 3.8) is 0 Å². The Kier molecular flexibility index (Phi) is 6.56. The van der Waals surface area contributed by atoms with E-state index in [1.54, 1.807) is 7.11 Å². The lowest BCUT2D eigenvalue weighted by Gasteiger charge is -2.07. The van der Waals surface area contributed by atoms with Crippen molar-refractivity contribution < 1.29 is 14.3 Å². The molecule has 0 aliphatic carbocycles. The summed E-state index contributed by atoms with van der Waals surface area (Å²) in [7, 11) is 1.66. The first-order valence-electron chi connectivity index (χ1n) is 7.45. The van der Waals surface area contributed by atoms with E-state index in [4.69, 9.17) is 21.1 Å². The molecule has 0 saturated heterocycles. The number of rotatable bonds is 8. The van der Waals surface area contributed by atoms with Crippen molar-refractivity contribution in [1.29, 1.82) is 0 Å². The van der Waals surface area contributed by atoms with Crippen molar-refractivity contribution in [1.82, 2.24) is 9.97 Å². The zero-order valence-corrected chi connectivity index (χ0v) is 15.0. The van der Waals surface area contributed by atoms with Crippen LogP contribution in [0.2, 0.25) is 5.28 Å². The SMILES string of the molecule is CCCOC(=O)c1sc2nc(Cl)nc(NCCCOC)c2c1C. The maximum absolute atomic E-state index is 12.2. The van der Waals surface area contributed by atoms with Gasteiger partial charge in [0.2, 0.25) is 5.28 Å². The van der Waals surface area contributed by atoms with Crippen LogP contribution in [0.15, 0.2) is 0 Å². The molecule has 1 N–H and O–H groups in total. The largest absolute Gasteiger partial charge is 0.462 e. The lowest BCUT2D eigenvalue weighted by molar-refractivity contribution is 0.0510. The number of nitrogens with one attached hydrogen (secondary N) is 1. The third-order valence-corrected chi connectivity index (χ3v) is 4.54. The van der Waals surface area contributed by atoms with Gasteiger partial charge < -0.3 is 14.8 Å². The summed E-state index contributed by atoms with van der Waals surface area (Å²) in [5.74, 6) is 0.313. The number of methoxy groups -OCH3 is 1. The first-order valence-corrected chi connectivity index (χ1v) is 8.64. The highest BCUT2D eigenvalue weighted by molar-refractivity contribution is 7.20. The van der Waals surface area contributed by atoms with Crippen LogP contribution in [0.5, 0.6) is 0 Å². The van der Waals surface area contributed by atoms with Crippen molar-refractivity contribution in [2.45, 2.75) is 26.7 Å². The quantitative estimate of drug-likeness (QED) is 0.441. The van der Waals surface area contributed by atoms with Gasteiger partial charge in [0.25, 0.3) is 0 Å². The van der Waals surface area contributed by atoms with Gasteiger partial charge in [-0.15, -0.1) is 11.3 Å². The van der Waals surface area contributed by atoms with Crippen LogP contribution in [0.3, 0.4) is 0 Å². The molecule has 126 valence electrons. The van der Waals surface area contributed by atoms with Crippen molar-refractivity contribution in [3.05, 3.63) is 15.7 Å². The number of anilines is 1. The van der Waals surface area contributed by atoms with Gasteiger partial charge in [0, 0.05) is 20.3 Å². The van der Waals surface area contributed by atoms with Crippen LogP contribution in [-0.4, -0.2) is 42.8 Å². The van der Waals surface area contributed by atoms with Gasteiger partial charge in [-0.3, -0.25) is 0 Å². The number of nitrogens with zero attached hydrogens (tertiary/aromatic N) is 2. The van der Waals surface area contributed by atoms with E-state index < -0.39 is 0 Å². The molecule has 0 saturated carbocycles. The molecule has 0 amide bonds. The minimum absolute atomic E-state index is 0.154. The van der Waals surface area contributed by atoms with Gasteiger partial charge in [0.1, 0.15) is 15.5 Å². The lowest BCUT2D eigenvalue weighted by Crippen LogP contribution is -2.07. The van der Waals surface area contributed by atoms with Crippen molar-refractivity contribution in [3.8, 4) is 0 Å². The van der Waals surface area contributed by atoms with E-state index in [1.807, 2.05) is 13.8 Å².